The van der Waals surface area contributed by atoms with Gasteiger partial charge in [0.25, 0.3) is 5.91 Å². The van der Waals surface area contributed by atoms with Gasteiger partial charge in [-0.3, -0.25) is 14.9 Å². The maximum absolute atomic E-state index is 12.4. The van der Waals surface area contributed by atoms with Gasteiger partial charge in [0, 0.05) is 23.4 Å². The lowest BCUT2D eigenvalue weighted by Crippen LogP contribution is -2.34. The van der Waals surface area contributed by atoms with Crippen molar-refractivity contribution in [2.75, 3.05) is 17.2 Å². The fourth-order valence-electron chi connectivity index (χ4n) is 2.58. The number of carbonyl (C=O) groups is 2. The predicted octanol–water partition coefficient (Wildman–Crippen LogP) is 4.98. The van der Waals surface area contributed by atoms with Crippen molar-refractivity contribution in [2.45, 2.75) is 40.0 Å². The molecule has 3 N–H and O–H groups in total. The summed E-state index contributed by atoms with van der Waals surface area (Å²) < 4.78 is 5.67. The molecule has 0 aromatic heterocycles. The summed E-state index contributed by atoms with van der Waals surface area (Å²) in [5.41, 5.74) is 1.82. The average molecular weight is 428 g/mol. The minimum atomic E-state index is -0.311. The first-order valence-electron chi connectivity index (χ1n) is 10.1. The minimum absolute atomic E-state index is 0.0397. The number of hydrogen-bond donors (Lipinski definition) is 3. The summed E-state index contributed by atoms with van der Waals surface area (Å²) in [7, 11) is 0. The molecule has 0 aliphatic rings. The highest BCUT2D eigenvalue weighted by molar-refractivity contribution is 7.80. The molecule has 0 aliphatic carbocycles. The van der Waals surface area contributed by atoms with Gasteiger partial charge in [0.1, 0.15) is 5.75 Å². The van der Waals surface area contributed by atoms with E-state index in [1.807, 2.05) is 6.92 Å². The van der Waals surface area contributed by atoms with Gasteiger partial charge in [-0.1, -0.05) is 26.8 Å². The quantitative estimate of drug-likeness (QED) is 0.492. The Hall–Kier alpha value is -2.93. The van der Waals surface area contributed by atoms with Gasteiger partial charge in [0.2, 0.25) is 5.91 Å². The summed E-state index contributed by atoms with van der Waals surface area (Å²) in [4.78, 5) is 24.1. The molecule has 0 spiro atoms. The standard InChI is InChI=1S/C23H29N3O3S/c1-4-6-21(27)24-18-7-5-8-19(15-18)25-23(30)26-22(28)17-9-11-20(12-10-17)29-14-13-16(2)3/h5,7-12,15-16H,4,6,13-14H2,1-3H3,(H,24,27)(H2,25,26,28,30). The number of carbonyl (C=O) groups excluding carboxylic acids is 2. The van der Waals surface area contributed by atoms with E-state index < -0.39 is 0 Å². The van der Waals surface area contributed by atoms with Crippen LogP contribution in [0.1, 0.15) is 50.4 Å². The molecule has 7 heteroatoms. The molecular formula is C23H29N3O3S. The molecular weight excluding hydrogens is 398 g/mol. The van der Waals surface area contributed by atoms with Crippen LogP contribution in [0, 0.1) is 5.92 Å². The lowest BCUT2D eigenvalue weighted by Gasteiger charge is -2.12. The molecule has 2 amide bonds. The second-order valence-corrected chi connectivity index (χ2v) is 7.75. The van der Waals surface area contributed by atoms with Crippen LogP contribution in [0.2, 0.25) is 0 Å². The smallest absolute Gasteiger partial charge is 0.257 e. The van der Waals surface area contributed by atoms with Crippen LogP contribution < -0.4 is 20.7 Å². The second-order valence-electron chi connectivity index (χ2n) is 7.34. The molecule has 0 saturated carbocycles. The van der Waals surface area contributed by atoms with E-state index in [2.05, 4.69) is 29.8 Å². The Kier molecular flexibility index (Phi) is 9.28. The number of amides is 2. The second kappa shape index (κ2) is 11.9. The van der Waals surface area contributed by atoms with Crippen molar-refractivity contribution >= 4 is 40.5 Å². The van der Waals surface area contributed by atoms with Gasteiger partial charge >= 0.3 is 0 Å². The Morgan fingerprint density at radius 3 is 2.33 bits per heavy atom. The van der Waals surface area contributed by atoms with E-state index in [0.717, 1.165) is 18.6 Å². The summed E-state index contributed by atoms with van der Waals surface area (Å²) in [5.74, 6) is 0.961. The van der Waals surface area contributed by atoms with E-state index >= 15 is 0 Å². The Morgan fingerprint density at radius 2 is 1.70 bits per heavy atom. The predicted molar refractivity (Wildman–Crippen MR) is 125 cm³/mol. The van der Waals surface area contributed by atoms with Gasteiger partial charge in [-0.25, -0.2) is 0 Å². The first-order valence-corrected chi connectivity index (χ1v) is 10.5. The monoisotopic (exact) mass is 427 g/mol. The number of ether oxygens (including phenoxy) is 1. The van der Waals surface area contributed by atoms with E-state index in [-0.39, 0.29) is 16.9 Å². The Morgan fingerprint density at radius 1 is 1.03 bits per heavy atom. The van der Waals surface area contributed by atoms with E-state index in [4.69, 9.17) is 17.0 Å². The Bertz CT molecular complexity index is 866. The third kappa shape index (κ3) is 8.21. The molecule has 2 aromatic carbocycles. The summed E-state index contributed by atoms with van der Waals surface area (Å²) in [6.07, 6.45) is 2.23. The molecule has 0 heterocycles. The molecule has 160 valence electrons. The molecule has 30 heavy (non-hydrogen) atoms. The third-order valence-corrected chi connectivity index (χ3v) is 4.39. The number of hydrogen-bond acceptors (Lipinski definition) is 4. The van der Waals surface area contributed by atoms with E-state index in [0.29, 0.717) is 35.9 Å². The highest BCUT2D eigenvalue weighted by Crippen LogP contribution is 2.16. The Balaban J connectivity index is 1.87. The van der Waals surface area contributed by atoms with Crippen LogP contribution in [0.5, 0.6) is 5.75 Å². The van der Waals surface area contributed by atoms with Crippen LogP contribution in [-0.4, -0.2) is 23.5 Å². The summed E-state index contributed by atoms with van der Waals surface area (Å²) in [5, 5.41) is 8.62. The topological polar surface area (TPSA) is 79.5 Å². The Labute approximate surface area is 183 Å². The van der Waals surface area contributed by atoms with Gasteiger partial charge in [0.15, 0.2) is 5.11 Å². The maximum atomic E-state index is 12.4. The van der Waals surface area contributed by atoms with Crippen molar-refractivity contribution in [3.05, 3.63) is 54.1 Å². The fourth-order valence-corrected chi connectivity index (χ4v) is 2.79. The molecule has 0 aliphatic heterocycles. The zero-order valence-corrected chi connectivity index (χ0v) is 18.5. The number of rotatable bonds is 9. The van der Waals surface area contributed by atoms with Crippen LogP contribution in [0.25, 0.3) is 0 Å². The highest BCUT2D eigenvalue weighted by Gasteiger charge is 2.09. The zero-order valence-electron chi connectivity index (χ0n) is 17.7. The molecule has 2 aromatic rings. The van der Waals surface area contributed by atoms with Crippen molar-refractivity contribution < 1.29 is 14.3 Å². The normalized spacial score (nSPS) is 10.4. The number of nitrogens with one attached hydrogen (secondary N) is 3. The van der Waals surface area contributed by atoms with Gasteiger partial charge in [-0.05, 0) is 73.4 Å². The lowest BCUT2D eigenvalue weighted by atomic mass is 10.1. The summed E-state index contributed by atoms with van der Waals surface area (Å²) in [6, 6.07) is 14.1. The number of anilines is 2. The third-order valence-electron chi connectivity index (χ3n) is 4.19. The summed E-state index contributed by atoms with van der Waals surface area (Å²) in [6.45, 7) is 6.89. The van der Waals surface area contributed by atoms with E-state index in [9.17, 15) is 9.59 Å². The van der Waals surface area contributed by atoms with Crippen LogP contribution in [0.3, 0.4) is 0 Å². The molecule has 0 unspecified atom stereocenters. The molecule has 0 radical (unpaired) electrons. The minimum Gasteiger partial charge on any atom is -0.494 e. The fraction of sp³-hybridized carbons (Fsp3) is 0.348. The van der Waals surface area contributed by atoms with Crippen molar-refractivity contribution in [3.63, 3.8) is 0 Å². The first kappa shape index (κ1) is 23.3. The van der Waals surface area contributed by atoms with Gasteiger partial charge in [0.05, 0.1) is 6.61 Å². The van der Waals surface area contributed by atoms with E-state index in [1.165, 1.54) is 0 Å². The van der Waals surface area contributed by atoms with Crippen molar-refractivity contribution in [2.24, 2.45) is 5.92 Å². The highest BCUT2D eigenvalue weighted by atomic mass is 32.1. The first-order chi connectivity index (χ1) is 14.4. The van der Waals surface area contributed by atoms with E-state index in [1.54, 1.807) is 48.5 Å². The number of thiocarbonyl (C=S) groups is 1. The van der Waals surface area contributed by atoms with Gasteiger partial charge in [-0.2, -0.15) is 0 Å². The maximum Gasteiger partial charge on any atom is 0.257 e. The van der Waals surface area contributed by atoms with Crippen molar-refractivity contribution in [1.82, 2.24) is 5.32 Å². The molecule has 0 fully saturated rings. The van der Waals surface area contributed by atoms with Gasteiger partial charge in [-0.15, -0.1) is 0 Å². The van der Waals surface area contributed by atoms with Crippen LogP contribution in [-0.2, 0) is 4.79 Å². The van der Waals surface area contributed by atoms with Crippen LogP contribution in [0.15, 0.2) is 48.5 Å². The lowest BCUT2D eigenvalue weighted by molar-refractivity contribution is -0.116. The molecule has 6 nitrogen and oxygen atoms in total. The van der Waals surface area contributed by atoms with Crippen LogP contribution >= 0.6 is 12.2 Å². The van der Waals surface area contributed by atoms with Crippen LogP contribution in [0.4, 0.5) is 11.4 Å². The van der Waals surface area contributed by atoms with Crippen molar-refractivity contribution in [3.8, 4) is 5.75 Å². The molecule has 2 rings (SSSR count). The number of benzene rings is 2. The van der Waals surface area contributed by atoms with Gasteiger partial charge < -0.3 is 15.4 Å². The molecule has 0 atom stereocenters. The zero-order chi connectivity index (χ0) is 21.9. The molecule has 0 bridgehead atoms. The average Bonchev–Trinajstić information content (AvgIpc) is 2.68. The largest absolute Gasteiger partial charge is 0.494 e. The molecule has 0 saturated heterocycles. The summed E-state index contributed by atoms with van der Waals surface area (Å²) >= 11 is 5.24. The van der Waals surface area contributed by atoms with Crippen molar-refractivity contribution in [1.29, 1.82) is 0 Å². The SMILES string of the molecule is CCCC(=O)Nc1cccc(NC(=S)NC(=O)c2ccc(OCCC(C)C)cc2)c1.